The normalized spacial score (nSPS) is 24.2. The number of ether oxygens (including phenoxy) is 2. The highest BCUT2D eigenvalue weighted by Crippen LogP contribution is 2.46. The Kier molecular flexibility index (Phi) is 2.96. The van der Waals surface area contributed by atoms with E-state index in [1.54, 1.807) is 18.2 Å². The molecule has 3 rings (SSSR count). The van der Waals surface area contributed by atoms with Gasteiger partial charge in [-0.15, -0.1) is 0 Å². The molecule has 2 fully saturated rings. The maximum Gasteiger partial charge on any atom is 0.168 e. The van der Waals surface area contributed by atoms with Crippen LogP contribution in [0.1, 0.15) is 31.2 Å². The lowest BCUT2D eigenvalue weighted by atomic mass is 9.69. The van der Waals surface area contributed by atoms with Gasteiger partial charge in [-0.25, -0.2) is 0 Å². The van der Waals surface area contributed by atoms with Crippen molar-refractivity contribution < 1.29 is 14.6 Å². The monoisotopic (exact) mass is 259 g/mol. The van der Waals surface area contributed by atoms with Crippen LogP contribution in [0.3, 0.4) is 0 Å². The minimum Gasteiger partial charge on any atom is -0.508 e. The zero-order valence-corrected chi connectivity index (χ0v) is 10.8. The lowest BCUT2D eigenvalue weighted by Crippen LogP contribution is -2.41. The molecular weight excluding hydrogens is 242 g/mol. The molecule has 1 spiro atoms. The van der Waals surface area contributed by atoms with Crippen molar-refractivity contribution in [3.05, 3.63) is 29.8 Å². The number of nitriles is 1. The van der Waals surface area contributed by atoms with Gasteiger partial charge in [0.15, 0.2) is 5.79 Å². The Morgan fingerprint density at radius 2 is 1.79 bits per heavy atom. The molecule has 1 aromatic rings. The molecule has 1 aliphatic heterocycles. The summed E-state index contributed by atoms with van der Waals surface area (Å²) in [6.07, 6.45) is 2.87. The van der Waals surface area contributed by atoms with Crippen molar-refractivity contribution in [1.82, 2.24) is 0 Å². The molecule has 100 valence electrons. The van der Waals surface area contributed by atoms with Crippen molar-refractivity contribution >= 4 is 0 Å². The first-order valence-electron chi connectivity index (χ1n) is 6.67. The van der Waals surface area contributed by atoms with Crippen LogP contribution in [-0.4, -0.2) is 24.1 Å². The first-order valence-corrected chi connectivity index (χ1v) is 6.67. The van der Waals surface area contributed by atoms with E-state index in [1.165, 1.54) is 0 Å². The molecule has 19 heavy (non-hydrogen) atoms. The van der Waals surface area contributed by atoms with Crippen LogP contribution < -0.4 is 0 Å². The molecular formula is C15H17NO3. The molecule has 0 bridgehead atoms. The highest BCUT2D eigenvalue weighted by atomic mass is 16.7. The molecule has 1 saturated heterocycles. The van der Waals surface area contributed by atoms with Gasteiger partial charge in [0.05, 0.1) is 24.7 Å². The first kappa shape index (κ1) is 12.5. The van der Waals surface area contributed by atoms with Crippen molar-refractivity contribution in [2.24, 2.45) is 0 Å². The number of hydrogen-bond donors (Lipinski definition) is 1. The van der Waals surface area contributed by atoms with Crippen LogP contribution in [0.2, 0.25) is 0 Å². The number of phenols is 1. The quantitative estimate of drug-likeness (QED) is 0.841. The Morgan fingerprint density at radius 3 is 2.37 bits per heavy atom. The number of aromatic hydroxyl groups is 1. The molecule has 4 heteroatoms. The van der Waals surface area contributed by atoms with E-state index in [0.717, 1.165) is 18.4 Å². The lowest BCUT2D eigenvalue weighted by Gasteiger charge is -2.40. The van der Waals surface area contributed by atoms with E-state index in [9.17, 15) is 10.4 Å². The van der Waals surface area contributed by atoms with E-state index in [-0.39, 0.29) is 5.75 Å². The third-order valence-electron chi connectivity index (χ3n) is 4.29. The predicted octanol–water partition coefficient (Wildman–Crippen LogP) is 2.47. The highest BCUT2D eigenvalue weighted by molar-refractivity contribution is 5.38. The van der Waals surface area contributed by atoms with E-state index in [1.807, 2.05) is 6.07 Å². The summed E-state index contributed by atoms with van der Waals surface area (Å²) in [6.45, 7) is 1.29. The number of hydrogen-bond acceptors (Lipinski definition) is 4. The Labute approximate surface area is 112 Å². The molecule has 0 atom stereocenters. The summed E-state index contributed by atoms with van der Waals surface area (Å²) in [4.78, 5) is 0. The van der Waals surface area contributed by atoms with Gasteiger partial charge >= 0.3 is 0 Å². The number of benzene rings is 1. The fourth-order valence-electron chi connectivity index (χ4n) is 3.11. The van der Waals surface area contributed by atoms with E-state index >= 15 is 0 Å². The largest absolute Gasteiger partial charge is 0.508 e. The fraction of sp³-hybridized carbons (Fsp3) is 0.533. The van der Waals surface area contributed by atoms with Crippen LogP contribution in [-0.2, 0) is 14.9 Å². The summed E-state index contributed by atoms with van der Waals surface area (Å²) in [5.41, 5.74) is 0.363. The molecule has 1 saturated carbocycles. The average molecular weight is 259 g/mol. The zero-order valence-electron chi connectivity index (χ0n) is 10.8. The second kappa shape index (κ2) is 4.52. The third kappa shape index (κ3) is 2.09. The Hall–Kier alpha value is -1.57. The molecule has 0 aromatic heterocycles. The maximum atomic E-state index is 9.60. The Balaban J connectivity index is 1.85. The van der Waals surface area contributed by atoms with Crippen LogP contribution in [0.25, 0.3) is 0 Å². The molecule has 2 aliphatic rings. The SMILES string of the molecule is N#CC1(c2cccc(O)c2)CCC2(CC1)OCCO2. The topological polar surface area (TPSA) is 62.5 Å². The van der Waals surface area contributed by atoms with Crippen molar-refractivity contribution in [2.75, 3.05) is 13.2 Å². The smallest absolute Gasteiger partial charge is 0.168 e. The third-order valence-corrected chi connectivity index (χ3v) is 4.29. The van der Waals surface area contributed by atoms with E-state index in [4.69, 9.17) is 9.47 Å². The van der Waals surface area contributed by atoms with E-state index < -0.39 is 11.2 Å². The average Bonchev–Trinajstić information content (AvgIpc) is 2.89. The van der Waals surface area contributed by atoms with Gasteiger partial charge in [-0.1, -0.05) is 12.1 Å². The maximum absolute atomic E-state index is 9.60. The summed E-state index contributed by atoms with van der Waals surface area (Å²) >= 11 is 0. The lowest BCUT2D eigenvalue weighted by molar-refractivity contribution is -0.182. The summed E-state index contributed by atoms with van der Waals surface area (Å²) in [6, 6.07) is 9.47. The summed E-state index contributed by atoms with van der Waals surface area (Å²) in [5, 5.41) is 19.2. The molecule has 1 heterocycles. The summed E-state index contributed by atoms with van der Waals surface area (Å²) in [5.74, 6) is -0.252. The number of phenolic OH excluding ortho intramolecular Hbond substituents is 1. The van der Waals surface area contributed by atoms with E-state index in [2.05, 4.69) is 6.07 Å². The molecule has 4 nitrogen and oxygen atoms in total. The Bertz CT molecular complexity index is 504. The van der Waals surface area contributed by atoms with Crippen molar-refractivity contribution in [3.8, 4) is 11.8 Å². The van der Waals surface area contributed by atoms with Gasteiger partial charge in [0.2, 0.25) is 0 Å². The standard InChI is InChI=1S/C15H17NO3/c16-11-14(12-2-1-3-13(17)10-12)4-6-15(7-5-14)18-8-9-19-15/h1-3,10,17H,4-9H2. The molecule has 0 amide bonds. The molecule has 1 aliphatic carbocycles. The van der Waals surface area contributed by atoms with Crippen LogP contribution in [0.4, 0.5) is 0 Å². The van der Waals surface area contributed by atoms with Crippen LogP contribution in [0, 0.1) is 11.3 Å². The summed E-state index contributed by atoms with van der Waals surface area (Å²) in [7, 11) is 0. The molecule has 0 unspecified atom stereocenters. The van der Waals surface area contributed by atoms with Crippen molar-refractivity contribution in [1.29, 1.82) is 5.26 Å². The van der Waals surface area contributed by atoms with Crippen LogP contribution >= 0.6 is 0 Å². The van der Waals surface area contributed by atoms with Gasteiger partial charge in [0, 0.05) is 12.8 Å². The Morgan fingerprint density at radius 1 is 1.11 bits per heavy atom. The van der Waals surface area contributed by atoms with Gasteiger partial charge in [-0.05, 0) is 30.5 Å². The van der Waals surface area contributed by atoms with Gasteiger partial charge in [-0.3, -0.25) is 0 Å². The minimum atomic E-state index is -0.528. The van der Waals surface area contributed by atoms with Gasteiger partial charge in [0.1, 0.15) is 5.75 Å². The van der Waals surface area contributed by atoms with Gasteiger partial charge in [-0.2, -0.15) is 5.26 Å². The van der Waals surface area contributed by atoms with Crippen LogP contribution in [0.5, 0.6) is 5.75 Å². The second-order valence-electron chi connectivity index (χ2n) is 5.35. The molecule has 1 aromatic carbocycles. The first-order chi connectivity index (χ1) is 9.18. The van der Waals surface area contributed by atoms with Gasteiger partial charge in [0.25, 0.3) is 0 Å². The predicted molar refractivity (Wildman–Crippen MR) is 68.5 cm³/mol. The highest BCUT2D eigenvalue weighted by Gasteiger charge is 2.47. The number of nitrogens with zero attached hydrogens (tertiary/aromatic N) is 1. The summed E-state index contributed by atoms with van der Waals surface area (Å²) < 4.78 is 11.4. The second-order valence-corrected chi connectivity index (χ2v) is 5.35. The van der Waals surface area contributed by atoms with Gasteiger partial charge < -0.3 is 14.6 Å². The molecule has 1 N–H and O–H groups in total. The van der Waals surface area contributed by atoms with Crippen molar-refractivity contribution in [3.63, 3.8) is 0 Å². The van der Waals surface area contributed by atoms with Crippen molar-refractivity contribution in [2.45, 2.75) is 36.9 Å². The zero-order chi connectivity index (χ0) is 13.3. The number of rotatable bonds is 1. The molecule has 0 radical (unpaired) electrons. The van der Waals surface area contributed by atoms with Crippen LogP contribution in [0.15, 0.2) is 24.3 Å². The fourth-order valence-corrected chi connectivity index (χ4v) is 3.11. The van der Waals surface area contributed by atoms with E-state index in [0.29, 0.717) is 26.1 Å². The minimum absolute atomic E-state index is 0.209.